The molecule has 2 heterocycles. The van der Waals surface area contributed by atoms with Crippen molar-refractivity contribution >= 4 is 35.0 Å². The van der Waals surface area contributed by atoms with Crippen LogP contribution in [0.15, 0.2) is 24.3 Å². The van der Waals surface area contributed by atoms with Crippen LogP contribution in [0.25, 0.3) is 0 Å². The Morgan fingerprint density at radius 2 is 2.10 bits per heavy atom. The first-order valence-corrected chi connectivity index (χ1v) is 8.03. The number of thioether (sulfide) groups is 1. The number of rotatable bonds is 3. The lowest BCUT2D eigenvalue weighted by atomic mass is 10.2. The summed E-state index contributed by atoms with van der Waals surface area (Å²) in [6, 6.07) is 7.94. The number of nitrogens with zero attached hydrogens (tertiary/aromatic N) is 2. The van der Waals surface area contributed by atoms with Gasteiger partial charge >= 0.3 is 0 Å². The second-order valence-corrected chi connectivity index (χ2v) is 6.27. The first-order valence-electron chi connectivity index (χ1n) is 6.57. The number of carbonyl (C=O) groups is 1. The van der Waals surface area contributed by atoms with Crippen LogP contribution in [0.3, 0.4) is 0 Å². The lowest BCUT2D eigenvalue weighted by molar-refractivity contribution is -0.126. The van der Waals surface area contributed by atoms with Crippen molar-refractivity contribution in [1.82, 2.24) is 9.80 Å². The maximum atomic E-state index is 12.1. The maximum Gasteiger partial charge on any atom is 0.252 e. The van der Waals surface area contributed by atoms with Gasteiger partial charge in [0.05, 0.1) is 6.61 Å². The van der Waals surface area contributed by atoms with Gasteiger partial charge in [-0.25, -0.2) is 0 Å². The lowest BCUT2D eigenvalue weighted by Crippen LogP contribution is -2.32. The van der Waals surface area contributed by atoms with E-state index in [1.54, 1.807) is 23.7 Å². The number of thiocarbonyl (C=S) groups is 1. The van der Waals surface area contributed by atoms with Crippen molar-refractivity contribution in [2.45, 2.75) is 18.3 Å². The highest BCUT2D eigenvalue weighted by Gasteiger charge is 2.48. The fraction of sp³-hybridized carbons (Fsp3) is 0.429. The van der Waals surface area contributed by atoms with Gasteiger partial charge in [0.15, 0.2) is 5.11 Å². The summed E-state index contributed by atoms with van der Waals surface area (Å²) in [6.07, 6.45) is 0. The molecule has 2 fully saturated rings. The fourth-order valence-corrected chi connectivity index (χ4v) is 4.39. The number of benzene rings is 1. The number of hydrogen-bond donors (Lipinski definition) is 0. The average Bonchev–Trinajstić information content (AvgIpc) is 2.98. The van der Waals surface area contributed by atoms with Crippen LogP contribution in [0, 0.1) is 0 Å². The highest BCUT2D eigenvalue weighted by Crippen LogP contribution is 2.45. The summed E-state index contributed by atoms with van der Waals surface area (Å²) in [6.45, 7) is 2.63. The average molecular weight is 308 g/mol. The number of hydrogen-bond acceptors (Lipinski definition) is 4. The van der Waals surface area contributed by atoms with Gasteiger partial charge in [-0.15, -0.1) is 11.8 Å². The SMILES string of the molecule is CCOc1ccc([C@H]2SC[C@H]3C(=O)N(C)C(=S)N23)cc1. The van der Waals surface area contributed by atoms with Gasteiger partial charge < -0.3 is 9.64 Å². The molecular formula is C14H16N2O2S2. The summed E-state index contributed by atoms with van der Waals surface area (Å²) >= 11 is 7.16. The molecule has 0 aromatic heterocycles. The summed E-state index contributed by atoms with van der Waals surface area (Å²) in [5.41, 5.74) is 1.16. The topological polar surface area (TPSA) is 32.8 Å². The first kappa shape index (κ1) is 13.7. The van der Waals surface area contributed by atoms with Gasteiger partial charge in [0.2, 0.25) is 0 Å². The van der Waals surface area contributed by atoms with Crippen molar-refractivity contribution in [3.63, 3.8) is 0 Å². The summed E-state index contributed by atoms with van der Waals surface area (Å²) in [7, 11) is 1.75. The van der Waals surface area contributed by atoms with E-state index in [2.05, 4.69) is 17.0 Å². The van der Waals surface area contributed by atoms with E-state index in [9.17, 15) is 4.79 Å². The molecule has 2 atom stereocenters. The molecule has 4 nitrogen and oxygen atoms in total. The third-order valence-electron chi connectivity index (χ3n) is 3.60. The summed E-state index contributed by atoms with van der Waals surface area (Å²) in [4.78, 5) is 15.7. The molecule has 2 aliphatic rings. The number of likely N-dealkylation sites (N-methyl/N-ethyl adjacent to an activating group) is 1. The Bertz CT molecular complexity index is 547. The third kappa shape index (κ3) is 2.07. The molecule has 0 radical (unpaired) electrons. The molecule has 20 heavy (non-hydrogen) atoms. The van der Waals surface area contributed by atoms with Crippen LogP contribution < -0.4 is 4.74 Å². The van der Waals surface area contributed by atoms with Crippen LogP contribution in [-0.2, 0) is 4.79 Å². The van der Waals surface area contributed by atoms with Crippen LogP contribution >= 0.6 is 24.0 Å². The van der Waals surface area contributed by atoms with Gasteiger partial charge in [-0.3, -0.25) is 9.69 Å². The smallest absolute Gasteiger partial charge is 0.252 e. The minimum absolute atomic E-state index is 0.103. The van der Waals surface area contributed by atoms with Gasteiger partial charge in [0.25, 0.3) is 5.91 Å². The zero-order valence-electron chi connectivity index (χ0n) is 11.4. The number of fused-ring (bicyclic) bond motifs is 1. The Balaban J connectivity index is 1.84. The molecule has 6 heteroatoms. The number of ether oxygens (including phenoxy) is 1. The quantitative estimate of drug-likeness (QED) is 0.800. The van der Waals surface area contributed by atoms with E-state index in [0.29, 0.717) is 11.7 Å². The van der Waals surface area contributed by atoms with Crippen molar-refractivity contribution in [3.05, 3.63) is 29.8 Å². The van der Waals surface area contributed by atoms with E-state index in [4.69, 9.17) is 17.0 Å². The van der Waals surface area contributed by atoms with E-state index in [1.165, 1.54) is 0 Å². The molecule has 0 aliphatic carbocycles. The summed E-state index contributed by atoms with van der Waals surface area (Å²) in [5.74, 6) is 1.77. The number of carbonyl (C=O) groups excluding carboxylic acids is 1. The van der Waals surface area contributed by atoms with Crippen LogP contribution in [0.4, 0.5) is 0 Å². The van der Waals surface area contributed by atoms with Crippen LogP contribution in [0.2, 0.25) is 0 Å². The Morgan fingerprint density at radius 3 is 2.75 bits per heavy atom. The monoisotopic (exact) mass is 308 g/mol. The van der Waals surface area contributed by atoms with Gasteiger partial charge in [-0.1, -0.05) is 12.1 Å². The molecule has 1 aromatic rings. The highest BCUT2D eigenvalue weighted by molar-refractivity contribution is 7.99. The molecule has 0 spiro atoms. The van der Waals surface area contributed by atoms with Crippen LogP contribution in [0.5, 0.6) is 5.75 Å². The standard InChI is InChI=1S/C14H16N2O2S2/c1-3-18-10-6-4-9(5-7-10)13-16-11(8-20-13)12(17)15(2)14(16)19/h4-7,11,13H,3,8H2,1-2H3/t11-,13+/m0/s1. The first-order chi connectivity index (χ1) is 9.63. The Kier molecular flexibility index (Phi) is 3.60. The molecule has 1 amide bonds. The molecule has 0 bridgehead atoms. The van der Waals surface area contributed by atoms with Crippen LogP contribution in [0.1, 0.15) is 17.9 Å². The molecule has 3 rings (SSSR count). The van der Waals surface area contributed by atoms with Gasteiger partial charge in [0, 0.05) is 12.8 Å². The van der Waals surface area contributed by atoms with E-state index in [-0.39, 0.29) is 17.3 Å². The fourth-order valence-electron chi connectivity index (χ4n) is 2.57. The zero-order valence-corrected chi connectivity index (χ0v) is 13.0. The molecule has 0 saturated carbocycles. The Morgan fingerprint density at radius 1 is 1.40 bits per heavy atom. The van der Waals surface area contributed by atoms with Crippen molar-refractivity contribution in [1.29, 1.82) is 0 Å². The normalized spacial score (nSPS) is 25.3. The molecule has 1 aromatic carbocycles. The van der Waals surface area contributed by atoms with Gasteiger partial charge in [-0.2, -0.15) is 0 Å². The summed E-state index contributed by atoms with van der Waals surface area (Å²) < 4.78 is 5.46. The van der Waals surface area contributed by atoms with Gasteiger partial charge in [-0.05, 0) is 36.8 Å². The van der Waals surface area contributed by atoms with E-state index >= 15 is 0 Å². The van der Waals surface area contributed by atoms with Crippen molar-refractivity contribution < 1.29 is 9.53 Å². The van der Waals surface area contributed by atoms with E-state index in [0.717, 1.165) is 17.1 Å². The Labute approximate surface area is 128 Å². The highest BCUT2D eigenvalue weighted by atomic mass is 32.2. The Hall–Kier alpha value is -1.27. The largest absolute Gasteiger partial charge is 0.494 e. The van der Waals surface area contributed by atoms with Crippen molar-refractivity contribution in [2.24, 2.45) is 0 Å². The second-order valence-electron chi connectivity index (χ2n) is 4.79. The van der Waals surface area contributed by atoms with E-state index < -0.39 is 0 Å². The minimum atomic E-state index is -0.103. The molecular weight excluding hydrogens is 292 g/mol. The third-order valence-corrected chi connectivity index (χ3v) is 5.41. The summed E-state index contributed by atoms with van der Waals surface area (Å²) in [5, 5.41) is 0.751. The van der Waals surface area contributed by atoms with Gasteiger partial charge in [0.1, 0.15) is 17.2 Å². The molecule has 2 aliphatic heterocycles. The molecule has 0 unspecified atom stereocenters. The molecule has 0 N–H and O–H groups in total. The van der Waals surface area contributed by atoms with Crippen molar-refractivity contribution in [2.75, 3.05) is 19.4 Å². The maximum absolute atomic E-state index is 12.1. The minimum Gasteiger partial charge on any atom is -0.494 e. The zero-order chi connectivity index (χ0) is 14.3. The number of amides is 1. The van der Waals surface area contributed by atoms with E-state index in [1.807, 2.05) is 19.1 Å². The molecule has 2 saturated heterocycles. The lowest BCUT2D eigenvalue weighted by Gasteiger charge is -2.24. The van der Waals surface area contributed by atoms with Crippen molar-refractivity contribution in [3.8, 4) is 5.75 Å². The molecule has 106 valence electrons. The predicted octanol–water partition coefficient (Wildman–Crippen LogP) is 2.26. The predicted molar refractivity (Wildman–Crippen MR) is 83.8 cm³/mol. The van der Waals surface area contributed by atoms with Crippen LogP contribution in [-0.4, -0.2) is 46.3 Å². The second kappa shape index (κ2) is 5.26.